The molecule has 6 heteroatoms. The van der Waals surface area contributed by atoms with Gasteiger partial charge in [-0.15, -0.1) is 0 Å². The van der Waals surface area contributed by atoms with E-state index in [-0.39, 0.29) is 11.9 Å². The Balaban J connectivity index is 2.21. The van der Waals surface area contributed by atoms with E-state index in [1.165, 1.54) is 0 Å². The van der Waals surface area contributed by atoms with E-state index in [4.69, 9.17) is 10.5 Å². The maximum Gasteiger partial charge on any atom is 0.244 e. The maximum absolute atomic E-state index is 11.7. The first-order chi connectivity index (χ1) is 8.22. The summed E-state index contributed by atoms with van der Waals surface area (Å²) in [5.74, 6) is 0.680. The van der Waals surface area contributed by atoms with Crippen molar-refractivity contribution in [1.29, 1.82) is 0 Å². The minimum Gasteiger partial charge on any atom is -0.397 e. The molecule has 1 atom stereocenters. The van der Waals surface area contributed by atoms with E-state index in [2.05, 4.69) is 10.3 Å². The summed E-state index contributed by atoms with van der Waals surface area (Å²) in [6.07, 6.45) is 1.59. The van der Waals surface area contributed by atoms with E-state index >= 15 is 0 Å². The number of carbonyl (C=O) groups is 1. The highest BCUT2D eigenvalue weighted by Crippen LogP contribution is 2.18. The van der Waals surface area contributed by atoms with Crippen molar-refractivity contribution in [2.75, 3.05) is 37.4 Å². The highest BCUT2D eigenvalue weighted by atomic mass is 16.5. The summed E-state index contributed by atoms with van der Waals surface area (Å²) < 4.78 is 5.33. The number of nitrogen functional groups attached to an aromatic ring is 1. The van der Waals surface area contributed by atoms with Crippen molar-refractivity contribution in [3.8, 4) is 0 Å². The Morgan fingerprint density at radius 3 is 3.12 bits per heavy atom. The lowest BCUT2D eigenvalue weighted by molar-refractivity contribution is -0.124. The van der Waals surface area contributed by atoms with Crippen LogP contribution in [0.3, 0.4) is 0 Å². The fourth-order valence-corrected chi connectivity index (χ4v) is 1.83. The van der Waals surface area contributed by atoms with Gasteiger partial charge in [0.1, 0.15) is 11.9 Å². The molecule has 0 spiro atoms. The van der Waals surface area contributed by atoms with E-state index < -0.39 is 0 Å². The predicted octanol–water partition coefficient (Wildman–Crippen LogP) is -0.385. The van der Waals surface area contributed by atoms with Crippen LogP contribution < -0.4 is 16.0 Å². The van der Waals surface area contributed by atoms with E-state index in [0.717, 1.165) is 5.82 Å². The lowest BCUT2D eigenvalue weighted by Gasteiger charge is -2.35. The molecule has 2 rings (SSSR count). The van der Waals surface area contributed by atoms with E-state index in [0.29, 0.717) is 25.4 Å². The second-order valence-electron chi connectivity index (χ2n) is 3.85. The Morgan fingerprint density at radius 2 is 2.47 bits per heavy atom. The van der Waals surface area contributed by atoms with Crippen molar-refractivity contribution in [3.63, 3.8) is 0 Å². The number of aromatic nitrogens is 1. The molecule has 1 unspecified atom stereocenters. The van der Waals surface area contributed by atoms with Gasteiger partial charge in [0.05, 0.1) is 25.1 Å². The Kier molecular flexibility index (Phi) is 3.43. The second kappa shape index (κ2) is 5.01. The Hall–Kier alpha value is -1.82. The van der Waals surface area contributed by atoms with Crippen LogP contribution in [0.4, 0.5) is 11.5 Å². The van der Waals surface area contributed by atoms with Gasteiger partial charge < -0.3 is 20.7 Å². The number of likely N-dealkylation sites (N-methyl/N-ethyl adjacent to an activating group) is 1. The minimum atomic E-state index is -0.329. The number of hydrogen-bond acceptors (Lipinski definition) is 5. The third-order valence-electron chi connectivity index (χ3n) is 2.74. The maximum atomic E-state index is 11.7. The number of amides is 1. The van der Waals surface area contributed by atoms with Crippen LogP contribution >= 0.6 is 0 Å². The molecule has 3 N–H and O–H groups in total. The van der Waals surface area contributed by atoms with Crippen molar-refractivity contribution in [2.24, 2.45) is 0 Å². The third-order valence-corrected chi connectivity index (χ3v) is 2.74. The van der Waals surface area contributed by atoms with Crippen molar-refractivity contribution in [1.82, 2.24) is 10.3 Å². The molecule has 0 saturated carbocycles. The first kappa shape index (κ1) is 11.7. The van der Waals surface area contributed by atoms with Crippen LogP contribution in [0, 0.1) is 0 Å². The molecule has 0 aliphatic carbocycles. The summed E-state index contributed by atoms with van der Waals surface area (Å²) in [4.78, 5) is 17.9. The summed E-state index contributed by atoms with van der Waals surface area (Å²) in [7, 11) is 1.62. The number of carbonyl (C=O) groups excluding carboxylic acids is 1. The summed E-state index contributed by atoms with van der Waals surface area (Å²) in [5, 5.41) is 2.63. The number of ether oxygens (including phenoxy) is 1. The highest BCUT2D eigenvalue weighted by molar-refractivity contribution is 5.85. The second-order valence-corrected chi connectivity index (χ2v) is 3.85. The number of pyridine rings is 1. The zero-order valence-electron chi connectivity index (χ0n) is 9.72. The molecule has 1 saturated heterocycles. The van der Waals surface area contributed by atoms with Gasteiger partial charge in [0.2, 0.25) is 5.91 Å². The van der Waals surface area contributed by atoms with Crippen LogP contribution in [0.2, 0.25) is 0 Å². The zero-order valence-corrected chi connectivity index (χ0v) is 9.72. The average molecular weight is 236 g/mol. The lowest BCUT2D eigenvalue weighted by Crippen LogP contribution is -2.53. The molecule has 1 aromatic heterocycles. The first-order valence-corrected chi connectivity index (χ1v) is 5.50. The van der Waals surface area contributed by atoms with Gasteiger partial charge in [0, 0.05) is 13.6 Å². The van der Waals surface area contributed by atoms with Crippen molar-refractivity contribution >= 4 is 17.4 Å². The van der Waals surface area contributed by atoms with Crippen LogP contribution in [-0.4, -0.2) is 43.7 Å². The number of hydrogen-bond donors (Lipinski definition) is 2. The van der Waals surface area contributed by atoms with Gasteiger partial charge in [-0.3, -0.25) is 4.79 Å². The fraction of sp³-hybridized carbons (Fsp3) is 0.455. The Morgan fingerprint density at radius 1 is 1.65 bits per heavy atom. The van der Waals surface area contributed by atoms with Gasteiger partial charge in [-0.2, -0.15) is 0 Å². The van der Waals surface area contributed by atoms with Gasteiger partial charge in [0.25, 0.3) is 0 Å². The zero-order chi connectivity index (χ0) is 12.3. The van der Waals surface area contributed by atoms with Gasteiger partial charge in [-0.1, -0.05) is 0 Å². The van der Waals surface area contributed by atoms with Gasteiger partial charge >= 0.3 is 0 Å². The SMILES string of the molecule is CNC(=O)C1COCCN1c1ccc(N)cn1. The molecular weight excluding hydrogens is 220 g/mol. The largest absolute Gasteiger partial charge is 0.397 e. The van der Waals surface area contributed by atoms with E-state index in [1.807, 2.05) is 11.0 Å². The number of nitrogens with two attached hydrogens (primary N) is 1. The molecule has 1 fully saturated rings. The molecule has 1 amide bonds. The van der Waals surface area contributed by atoms with E-state index in [1.54, 1.807) is 19.3 Å². The molecule has 2 heterocycles. The molecule has 6 nitrogen and oxygen atoms in total. The molecule has 1 aliphatic heterocycles. The van der Waals surface area contributed by atoms with Crippen molar-refractivity contribution < 1.29 is 9.53 Å². The number of morpholine rings is 1. The topological polar surface area (TPSA) is 80.5 Å². The monoisotopic (exact) mass is 236 g/mol. The quantitative estimate of drug-likeness (QED) is 0.731. The standard InChI is InChI=1S/C11H16N4O2/c1-13-11(16)9-7-17-5-4-15(9)10-3-2-8(12)6-14-10/h2-3,6,9H,4-5,7,12H2,1H3,(H,13,16). The fourth-order valence-electron chi connectivity index (χ4n) is 1.83. The third kappa shape index (κ3) is 2.47. The number of anilines is 2. The number of nitrogens with one attached hydrogen (secondary N) is 1. The Bertz CT molecular complexity index is 393. The molecule has 17 heavy (non-hydrogen) atoms. The molecule has 92 valence electrons. The average Bonchev–Trinajstić information content (AvgIpc) is 2.39. The molecule has 0 radical (unpaired) electrons. The first-order valence-electron chi connectivity index (χ1n) is 5.50. The number of nitrogens with zero attached hydrogens (tertiary/aromatic N) is 2. The molecular formula is C11H16N4O2. The van der Waals surface area contributed by atoms with Gasteiger partial charge in [-0.05, 0) is 12.1 Å². The van der Waals surface area contributed by atoms with Crippen LogP contribution in [0.15, 0.2) is 18.3 Å². The summed E-state index contributed by atoms with van der Waals surface area (Å²) in [6, 6.07) is 3.26. The predicted molar refractivity (Wildman–Crippen MR) is 64.7 cm³/mol. The Labute approximate surface area is 99.8 Å². The van der Waals surface area contributed by atoms with E-state index in [9.17, 15) is 4.79 Å². The lowest BCUT2D eigenvalue weighted by atomic mass is 10.2. The normalized spacial score (nSPS) is 20.1. The number of rotatable bonds is 2. The van der Waals surface area contributed by atoms with Gasteiger partial charge in [-0.25, -0.2) is 4.98 Å². The molecule has 1 aliphatic rings. The summed E-state index contributed by atoms with van der Waals surface area (Å²) in [6.45, 7) is 1.63. The van der Waals surface area contributed by atoms with Crippen molar-refractivity contribution in [2.45, 2.75) is 6.04 Å². The molecule has 0 aromatic carbocycles. The van der Waals surface area contributed by atoms with Gasteiger partial charge in [0.15, 0.2) is 0 Å². The van der Waals surface area contributed by atoms with Crippen molar-refractivity contribution in [3.05, 3.63) is 18.3 Å². The minimum absolute atomic E-state index is 0.0664. The summed E-state index contributed by atoms with van der Waals surface area (Å²) >= 11 is 0. The van der Waals surface area contributed by atoms with Crippen LogP contribution in [-0.2, 0) is 9.53 Å². The van der Waals surface area contributed by atoms with Crippen LogP contribution in [0.1, 0.15) is 0 Å². The molecule has 1 aromatic rings. The molecule has 0 bridgehead atoms. The summed E-state index contributed by atoms with van der Waals surface area (Å²) in [5.41, 5.74) is 6.20. The van der Waals surface area contributed by atoms with Crippen LogP contribution in [0.5, 0.6) is 0 Å². The smallest absolute Gasteiger partial charge is 0.244 e. The highest BCUT2D eigenvalue weighted by Gasteiger charge is 2.29. The van der Waals surface area contributed by atoms with Crippen LogP contribution in [0.25, 0.3) is 0 Å².